The molecule has 2 nitrogen and oxygen atoms in total. The molecule has 1 N–H and O–H groups in total. The summed E-state index contributed by atoms with van der Waals surface area (Å²) in [7, 11) is 0. The second kappa shape index (κ2) is 5.37. The van der Waals surface area contributed by atoms with Gasteiger partial charge in [-0.05, 0) is 44.4 Å². The molecule has 19 heavy (non-hydrogen) atoms. The van der Waals surface area contributed by atoms with Gasteiger partial charge in [-0.1, -0.05) is 33.1 Å². The first-order valence-electron chi connectivity index (χ1n) is 8.62. The van der Waals surface area contributed by atoms with Gasteiger partial charge in [-0.2, -0.15) is 0 Å². The van der Waals surface area contributed by atoms with Crippen molar-refractivity contribution in [3.63, 3.8) is 0 Å². The molecule has 1 aliphatic heterocycles. The Morgan fingerprint density at radius 3 is 2.32 bits per heavy atom. The van der Waals surface area contributed by atoms with Crippen LogP contribution in [-0.4, -0.2) is 35.6 Å². The Labute approximate surface area is 119 Å². The summed E-state index contributed by atoms with van der Waals surface area (Å²) < 4.78 is 0. The van der Waals surface area contributed by atoms with Crippen LogP contribution in [0.25, 0.3) is 0 Å². The standard InChI is InChI=1S/C17H32N2/c1-13(2)16-11-18-17(9-5-4-6-10-17)12-19(16)14(3)15-7-8-15/h13-16,18H,4-12H2,1-3H3. The summed E-state index contributed by atoms with van der Waals surface area (Å²) in [5.41, 5.74) is 0.465. The van der Waals surface area contributed by atoms with Gasteiger partial charge in [0.25, 0.3) is 0 Å². The Morgan fingerprint density at radius 2 is 1.74 bits per heavy atom. The molecule has 3 rings (SSSR count). The molecule has 1 spiro atoms. The van der Waals surface area contributed by atoms with Gasteiger partial charge >= 0.3 is 0 Å². The zero-order chi connectivity index (χ0) is 13.5. The average Bonchev–Trinajstić information content (AvgIpc) is 3.22. The highest BCUT2D eigenvalue weighted by molar-refractivity contribution is 5.03. The number of rotatable bonds is 3. The van der Waals surface area contributed by atoms with Gasteiger partial charge in [0.05, 0.1) is 0 Å². The van der Waals surface area contributed by atoms with E-state index in [2.05, 4.69) is 31.0 Å². The zero-order valence-electron chi connectivity index (χ0n) is 13.1. The molecule has 2 unspecified atom stereocenters. The van der Waals surface area contributed by atoms with E-state index < -0.39 is 0 Å². The van der Waals surface area contributed by atoms with Crippen LogP contribution >= 0.6 is 0 Å². The highest BCUT2D eigenvalue weighted by Crippen LogP contribution is 2.40. The lowest BCUT2D eigenvalue weighted by atomic mass is 9.78. The van der Waals surface area contributed by atoms with Crippen LogP contribution in [0.5, 0.6) is 0 Å². The van der Waals surface area contributed by atoms with Crippen LogP contribution in [0.1, 0.15) is 65.7 Å². The van der Waals surface area contributed by atoms with E-state index >= 15 is 0 Å². The third kappa shape index (κ3) is 2.85. The monoisotopic (exact) mass is 264 g/mol. The van der Waals surface area contributed by atoms with Crippen molar-refractivity contribution in [2.45, 2.75) is 83.3 Å². The van der Waals surface area contributed by atoms with E-state index in [9.17, 15) is 0 Å². The van der Waals surface area contributed by atoms with Gasteiger partial charge in [-0.25, -0.2) is 0 Å². The van der Waals surface area contributed by atoms with E-state index in [1.807, 2.05) is 0 Å². The molecule has 110 valence electrons. The quantitative estimate of drug-likeness (QED) is 0.840. The second-order valence-corrected chi connectivity index (χ2v) is 7.78. The third-order valence-electron chi connectivity index (χ3n) is 6.00. The summed E-state index contributed by atoms with van der Waals surface area (Å²) in [6.07, 6.45) is 10.1. The average molecular weight is 264 g/mol. The van der Waals surface area contributed by atoms with Crippen molar-refractivity contribution in [3.05, 3.63) is 0 Å². The van der Waals surface area contributed by atoms with Crippen molar-refractivity contribution < 1.29 is 0 Å². The SMILES string of the molecule is CC(C)C1CNC2(CCCCC2)CN1C(C)C1CC1. The minimum Gasteiger partial charge on any atom is -0.308 e. The highest BCUT2D eigenvalue weighted by Gasteiger charge is 2.44. The van der Waals surface area contributed by atoms with Crippen LogP contribution in [0.15, 0.2) is 0 Å². The molecule has 0 amide bonds. The van der Waals surface area contributed by atoms with E-state index in [1.54, 1.807) is 0 Å². The predicted octanol–water partition coefficient (Wildman–Crippen LogP) is 3.42. The lowest BCUT2D eigenvalue weighted by Gasteiger charge is -2.53. The molecule has 0 aromatic rings. The topological polar surface area (TPSA) is 15.3 Å². The maximum atomic E-state index is 3.97. The molecule has 2 aliphatic carbocycles. The van der Waals surface area contributed by atoms with Crippen molar-refractivity contribution in [2.24, 2.45) is 11.8 Å². The lowest BCUT2D eigenvalue weighted by Crippen LogP contribution is -2.67. The van der Waals surface area contributed by atoms with Crippen LogP contribution < -0.4 is 5.32 Å². The highest BCUT2D eigenvalue weighted by atomic mass is 15.3. The normalized spacial score (nSPS) is 33.8. The van der Waals surface area contributed by atoms with Crippen LogP contribution in [0, 0.1) is 11.8 Å². The Morgan fingerprint density at radius 1 is 1.05 bits per heavy atom. The van der Waals surface area contributed by atoms with Gasteiger partial charge in [0.1, 0.15) is 0 Å². The van der Waals surface area contributed by atoms with Crippen molar-refractivity contribution in [3.8, 4) is 0 Å². The summed E-state index contributed by atoms with van der Waals surface area (Å²) in [5.74, 6) is 1.77. The predicted molar refractivity (Wildman–Crippen MR) is 81.3 cm³/mol. The van der Waals surface area contributed by atoms with Crippen molar-refractivity contribution >= 4 is 0 Å². The van der Waals surface area contributed by atoms with E-state index in [1.165, 1.54) is 58.0 Å². The van der Waals surface area contributed by atoms with Gasteiger partial charge in [0.15, 0.2) is 0 Å². The van der Waals surface area contributed by atoms with Crippen LogP contribution in [0.3, 0.4) is 0 Å². The molecular weight excluding hydrogens is 232 g/mol. The molecule has 3 fully saturated rings. The molecule has 0 radical (unpaired) electrons. The minimum atomic E-state index is 0.465. The maximum Gasteiger partial charge on any atom is 0.0309 e. The summed E-state index contributed by atoms with van der Waals surface area (Å²) in [5, 5.41) is 3.97. The summed E-state index contributed by atoms with van der Waals surface area (Å²) in [4.78, 5) is 2.89. The lowest BCUT2D eigenvalue weighted by molar-refractivity contribution is 0.00489. The molecule has 2 heteroatoms. The Kier molecular flexibility index (Phi) is 3.92. The number of nitrogens with one attached hydrogen (secondary N) is 1. The molecule has 0 aromatic carbocycles. The van der Waals surface area contributed by atoms with E-state index in [4.69, 9.17) is 0 Å². The molecule has 1 saturated heterocycles. The third-order valence-corrected chi connectivity index (χ3v) is 6.00. The number of nitrogens with zero attached hydrogens (tertiary/aromatic N) is 1. The van der Waals surface area contributed by atoms with Gasteiger partial charge in [0.2, 0.25) is 0 Å². The maximum absolute atomic E-state index is 3.97. The molecule has 2 atom stereocenters. The zero-order valence-corrected chi connectivity index (χ0v) is 13.1. The first-order chi connectivity index (χ1) is 9.11. The van der Waals surface area contributed by atoms with Gasteiger partial charge < -0.3 is 5.32 Å². The summed E-state index contributed by atoms with van der Waals surface area (Å²) >= 11 is 0. The van der Waals surface area contributed by atoms with E-state index in [0.717, 1.165) is 23.9 Å². The van der Waals surface area contributed by atoms with Crippen molar-refractivity contribution in [1.82, 2.24) is 10.2 Å². The minimum absolute atomic E-state index is 0.465. The largest absolute Gasteiger partial charge is 0.308 e. The van der Waals surface area contributed by atoms with Crippen molar-refractivity contribution in [1.29, 1.82) is 0 Å². The first-order valence-corrected chi connectivity index (χ1v) is 8.62. The Balaban J connectivity index is 1.73. The smallest absolute Gasteiger partial charge is 0.0309 e. The van der Waals surface area contributed by atoms with E-state index in [-0.39, 0.29) is 0 Å². The molecule has 3 aliphatic rings. The summed E-state index contributed by atoms with van der Waals surface area (Å²) in [6, 6.07) is 1.57. The second-order valence-electron chi connectivity index (χ2n) is 7.78. The number of hydrogen-bond donors (Lipinski definition) is 1. The molecular formula is C17H32N2. The molecule has 2 saturated carbocycles. The van der Waals surface area contributed by atoms with Crippen LogP contribution in [-0.2, 0) is 0 Å². The van der Waals surface area contributed by atoms with Crippen LogP contribution in [0.4, 0.5) is 0 Å². The fraction of sp³-hybridized carbons (Fsp3) is 1.00. The van der Waals surface area contributed by atoms with Gasteiger partial charge in [-0.3, -0.25) is 4.90 Å². The van der Waals surface area contributed by atoms with Crippen molar-refractivity contribution in [2.75, 3.05) is 13.1 Å². The van der Waals surface area contributed by atoms with Gasteiger partial charge in [0, 0.05) is 30.7 Å². The molecule has 0 bridgehead atoms. The number of piperazine rings is 1. The molecule has 1 heterocycles. The fourth-order valence-electron chi connectivity index (χ4n) is 4.44. The summed E-state index contributed by atoms with van der Waals surface area (Å²) in [6.45, 7) is 9.83. The Bertz CT molecular complexity index is 302. The van der Waals surface area contributed by atoms with E-state index in [0.29, 0.717) is 5.54 Å². The Hall–Kier alpha value is -0.0800. The number of hydrogen-bond acceptors (Lipinski definition) is 2. The first kappa shape index (κ1) is 13.9. The van der Waals surface area contributed by atoms with Gasteiger partial charge in [-0.15, -0.1) is 0 Å². The van der Waals surface area contributed by atoms with Crippen LogP contribution in [0.2, 0.25) is 0 Å². The fourth-order valence-corrected chi connectivity index (χ4v) is 4.44. The molecule has 0 aromatic heterocycles.